The topological polar surface area (TPSA) is 47.3 Å². The van der Waals surface area contributed by atoms with Crippen molar-refractivity contribution in [2.45, 2.75) is 39.3 Å². The molecule has 5 heteroatoms. The van der Waals surface area contributed by atoms with Crippen LogP contribution in [0.4, 0.5) is 0 Å². The lowest BCUT2D eigenvalue weighted by molar-refractivity contribution is 0.00356. The van der Waals surface area contributed by atoms with E-state index in [2.05, 4.69) is 19.3 Å². The van der Waals surface area contributed by atoms with E-state index in [4.69, 9.17) is 33.8 Å². The maximum atomic E-state index is 6.21. The van der Waals surface area contributed by atoms with Crippen LogP contribution in [0.3, 0.4) is 0 Å². The molecule has 0 aromatic heterocycles. The van der Waals surface area contributed by atoms with Crippen molar-refractivity contribution in [3.8, 4) is 0 Å². The summed E-state index contributed by atoms with van der Waals surface area (Å²) >= 11 is 12.2. The fourth-order valence-corrected chi connectivity index (χ4v) is 2.58. The molecule has 0 spiro atoms. The second-order valence-electron chi connectivity index (χ2n) is 4.85. The summed E-state index contributed by atoms with van der Waals surface area (Å²) < 4.78 is 5.78. The van der Waals surface area contributed by atoms with Gasteiger partial charge >= 0.3 is 0 Å². The molecule has 108 valence electrons. The van der Waals surface area contributed by atoms with Crippen LogP contribution >= 0.6 is 23.2 Å². The molecule has 0 aliphatic heterocycles. The molecule has 3 N–H and O–H groups in total. The van der Waals surface area contributed by atoms with E-state index in [0.29, 0.717) is 29.0 Å². The highest BCUT2D eigenvalue weighted by Crippen LogP contribution is 2.27. The van der Waals surface area contributed by atoms with Gasteiger partial charge in [0.05, 0.1) is 22.2 Å². The van der Waals surface area contributed by atoms with E-state index in [1.807, 2.05) is 19.1 Å². The average molecular weight is 305 g/mol. The number of rotatable bonds is 7. The monoisotopic (exact) mass is 304 g/mol. The van der Waals surface area contributed by atoms with Gasteiger partial charge in [0.1, 0.15) is 0 Å². The lowest BCUT2D eigenvalue weighted by atomic mass is 9.94. The Morgan fingerprint density at radius 2 is 2.00 bits per heavy atom. The number of benzene rings is 1. The molecule has 2 atom stereocenters. The molecule has 0 heterocycles. The van der Waals surface area contributed by atoms with E-state index in [0.717, 1.165) is 5.56 Å². The zero-order valence-corrected chi connectivity index (χ0v) is 13.1. The second-order valence-corrected chi connectivity index (χ2v) is 5.64. The summed E-state index contributed by atoms with van der Waals surface area (Å²) in [4.78, 5) is 0. The van der Waals surface area contributed by atoms with Gasteiger partial charge in [-0.3, -0.25) is 11.3 Å². The van der Waals surface area contributed by atoms with Crippen LogP contribution in [0.1, 0.15) is 26.3 Å². The Morgan fingerprint density at radius 3 is 2.53 bits per heavy atom. The summed E-state index contributed by atoms with van der Waals surface area (Å²) in [6, 6.07) is 5.63. The highest BCUT2D eigenvalue weighted by Gasteiger charge is 2.25. The summed E-state index contributed by atoms with van der Waals surface area (Å²) in [6.45, 7) is 6.87. The SMILES string of the molecule is CCOC(C(C)C)C(Cc1cccc(Cl)c1Cl)NN. The van der Waals surface area contributed by atoms with Crippen molar-refractivity contribution in [3.05, 3.63) is 33.8 Å². The Hall–Kier alpha value is -0.320. The molecular formula is C14H22Cl2N2O. The van der Waals surface area contributed by atoms with Gasteiger partial charge in [0.15, 0.2) is 0 Å². The molecular weight excluding hydrogens is 283 g/mol. The molecule has 1 aromatic rings. The molecule has 1 rings (SSSR count). The summed E-state index contributed by atoms with van der Waals surface area (Å²) in [5.74, 6) is 6.03. The first-order valence-electron chi connectivity index (χ1n) is 6.51. The van der Waals surface area contributed by atoms with Crippen molar-refractivity contribution in [2.24, 2.45) is 11.8 Å². The quantitative estimate of drug-likeness (QED) is 0.599. The third kappa shape index (κ3) is 4.62. The number of halogens is 2. The minimum absolute atomic E-state index is 0.00378. The van der Waals surface area contributed by atoms with E-state index in [9.17, 15) is 0 Å². The molecule has 1 aromatic carbocycles. The van der Waals surface area contributed by atoms with Crippen molar-refractivity contribution < 1.29 is 4.74 Å². The molecule has 2 unspecified atom stereocenters. The lowest BCUT2D eigenvalue weighted by Crippen LogP contribution is -2.49. The fourth-order valence-electron chi connectivity index (χ4n) is 2.18. The van der Waals surface area contributed by atoms with Crippen LogP contribution in [0, 0.1) is 5.92 Å². The van der Waals surface area contributed by atoms with Gasteiger partial charge in [0.2, 0.25) is 0 Å². The van der Waals surface area contributed by atoms with Gasteiger partial charge < -0.3 is 4.74 Å². The summed E-state index contributed by atoms with van der Waals surface area (Å²) in [5.41, 5.74) is 3.81. The van der Waals surface area contributed by atoms with Crippen molar-refractivity contribution >= 4 is 23.2 Å². The number of nitrogens with one attached hydrogen (secondary N) is 1. The number of hydrogen-bond donors (Lipinski definition) is 2. The van der Waals surface area contributed by atoms with Crippen LogP contribution in [0.2, 0.25) is 10.0 Å². The van der Waals surface area contributed by atoms with Crippen LogP contribution in [0.15, 0.2) is 18.2 Å². The van der Waals surface area contributed by atoms with Crippen molar-refractivity contribution in [3.63, 3.8) is 0 Å². The molecule has 3 nitrogen and oxygen atoms in total. The fraction of sp³-hybridized carbons (Fsp3) is 0.571. The minimum atomic E-state index is -0.00378. The molecule has 0 radical (unpaired) electrons. The lowest BCUT2D eigenvalue weighted by Gasteiger charge is -2.29. The Morgan fingerprint density at radius 1 is 1.32 bits per heavy atom. The average Bonchev–Trinajstić information content (AvgIpc) is 2.38. The first-order valence-corrected chi connectivity index (χ1v) is 7.27. The van der Waals surface area contributed by atoms with Gasteiger partial charge in [-0.05, 0) is 30.9 Å². The van der Waals surface area contributed by atoms with Crippen molar-refractivity contribution in [2.75, 3.05) is 6.61 Å². The van der Waals surface area contributed by atoms with E-state index in [-0.39, 0.29) is 12.1 Å². The van der Waals surface area contributed by atoms with E-state index >= 15 is 0 Å². The highest BCUT2D eigenvalue weighted by atomic mass is 35.5. The molecule has 0 bridgehead atoms. The Balaban J connectivity index is 2.88. The molecule has 0 amide bonds. The maximum absolute atomic E-state index is 6.21. The zero-order chi connectivity index (χ0) is 14.4. The Labute approximate surface area is 125 Å². The highest BCUT2D eigenvalue weighted by molar-refractivity contribution is 6.42. The molecule has 0 aliphatic rings. The van der Waals surface area contributed by atoms with E-state index in [1.165, 1.54) is 0 Å². The predicted molar refractivity (Wildman–Crippen MR) is 81.5 cm³/mol. The van der Waals surface area contributed by atoms with Gasteiger partial charge in [-0.2, -0.15) is 0 Å². The molecule has 0 fully saturated rings. The van der Waals surface area contributed by atoms with E-state index in [1.54, 1.807) is 6.07 Å². The molecule has 19 heavy (non-hydrogen) atoms. The number of ether oxygens (including phenoxy) is 1. The third-order valence-corrected chi connectivity index (χ3v) is 3.96. The Kier molecular flexibility index (Phi) is 7.11. The second kappa shape index (κ2) is 8.08. The molecule has 0 saturated carbocycles. The summed E-state index contributed by atoms with van der Waals surface area (Å²) in [6.07, 6.45) is 0.712. The third-order valence-electron chi connectivity index (χ3n) is 3.10. The first kappa shape index (κ1) is 16.7. The van der Waals surface area contributed by atoms with E-state index < -0.39 is 0 Å². The van der Waals surface area contributed by atoms with Gasteiger partial charge in [-0.1, -0.05) is 49.2 Å². The molecule has 0 aliphatic carbocycles. The van der Waals surface area contributed by atoms with Gasteiger partial charge in [0.25, 0.3) is 0 Å². The van der Waals surface area contributed by atoms with Crippen LogP contribution < -0.4 is 11.3 Å². The number of hydrogen-bond acceptors (Lipinski definition) is 3. The normalized spacial score (nSPS) is 14.7. The first-order chi connectivity index (χ1) is 9.01. The number of hydrazine groups is 1. The summed E-state index contributed by atoms with van der Waals surface area (Å²) in [7, 11) is 0. The zero-order valence-electron chi connectivity index (χ0n) is 11.6. The smallest absolute Gasteiger partial charge is 0.0767 e. The maximum Gasteiger partial charge on any atom is 0.0767 e. The largest absolute Gasteiger partial charge is 0.377 e. The standard InChI is InChI=1S/C14H22Cl2N2O/c1-4-19-14(9(2)3)12(18-17)8-10-6-5-7-11(15)13(10)16/h5-7,9,12,14,18H,4,8,17H2,1-3H3. The van der Waals surface area contributed by atoms with Crippen LogP contribution in [-0.4, -0.2) is 18.8 Å². The van der Waals surface area contributed by atoms with Gasteiger partial charge in [0, 0.05) is 6.61 Å². The van der Waals surface area contributed by atoms with Crippen LogP contribution in [0.25, 0.3) is 0 Å². The number of nitrogens with two attached hydrogens (primary N) is 1. The predicted octanol–water partition coefficient (Wildman–Crippen LogP) is 3.43. The molecule has 0 saturated heterocycles. The van der Waals surface area contributed by atoms with Crippen molar-refractivity contribution in [1.82, 2.24) is 5.43 Å². The van der Waals surface area contributed by atoms with Crippen LogP contribution in [0.5, 0.6) is 0 Å². The van der Waals surface area contributed by atoms with Gasteiger partial charge in [-0.15, -0.1) is 0 Å². The van der Waals surface area contributed by atoms with Crippen molar-refractivity contribution in [1.29, 1.82) is 0 Å². The Bertz CT molecular complexity index is 399. The summed E-state index contributed by atoms with van der Waals surface area (Å²) in [5, 5.41) is 1.15. The van der Waals surface area contributed by atoms with Gasteiger partial charge in [-0.25, -0.2) is 0 Å². The minimum Gasteiger partial charge on any atom is -0.377 e. The van der Waals surface area contributed by atoms with Crippen LogP contribution in [-0.2, 0) is 11.2 Å².